The summed E-state index contributed by atoms with van der Waals surface area (Å²) in [6.07, 6.45) is 1.63. The molecule has 0 saturated carbocycles. The van der Waals surface area contributed by atoms with Gasteiger partial charge in [0.15, 0.2) is 11.6 Å². The average molecular weight is 595 g/mol. The highest BCUT2D eigenvalue weighted by Gasteiger charge is 2.18. The first-order valence-electron chi connectivity index (χ1n) is 11.1. The summed E-state index contributed by atoms with van der Waals surface area (Å²) >= 11 is 15.7. The Bertz CT molecular complexity index is 1400. The zero-order chi connectivity index (χ0) is 26.0. The molecule has 188 valence electrons. The first kappa shape index (κ1) is 26.3. The normalized spacial score (nSPS) is 11.2. The van der Waals surface area contributed by atoms with Crippen molar-refractivity contribution in [3.63, 3.8) is 0 Å². The maximum Gasteiger partial charge on any atom is 0.292 e. The Morgan fingerprint density at radius 3 is 2.72 bits per heavy atom. The Morgan fingerprint density at radius 1 is 1.22 bits per heavy atom. The van der Waals surface area contributed by atoms with Gasteiger partial charge < -0.3 is 14.5 Å². The van der Waals surface area contributed by atoms with Crippen molar-refractivity contribution in [1.82, 2.24) is 9.78 Å². The summed E-state index contributed by atoms with van der Waals surface area (Å²) in [4.78, 5) is 12.7. The molecule has 2 aromatic heterocycles. The summed E-state index contributed by atoms with van der Waals surface area (Å²) in [5.74, 6) is 0.882. The fourth-order valence-electron chi connectivity index (χ4n) is 3.55. The Balaban J connectivity index is 1.42. The van der Waals surface area contributed by atoms with Crippen LogP contribution in [0.25, 0.3) is 0 Å². The number of nitrogens with one attached hydrogen (secondary N) is 1. The number of hydrogen-bond donors (Lipinski definition) is 1. The fourth-order valence-corrected chi connectivity index (χ4v) is 4.36. The van der Waals surface area contributed by atoms with E-state index in [0.717, 1.165) is 16.9 Å². The number of amides is 1. The lowest BCUT2D eigenvalue weighted by Crippen LogP contribution is -2.12. The van der Waals surface area contributed by atoms with Crippen LogP contribution in [-0.4, -0.2) is 15.7 Å². The van der Waals surface area contributed by atoms with E-state index >= 15 is 0 Å². The van der Waals surface area contributed by atoms with Crippen molar-refractivity contribution in [2.45, 2.75) is 39.8 Å². The Hall–Kier alpha value is -2.81. The van der Waals surface area contributed by atoms with Crippen LogP contribution in [0.2, 0.25) is 10.0 Å². The van der Waals surface area contributed by atoms with Crippen molar-refractivity contribution in [2.75, 3.05) is 5.32 Å². The van der Waals surface area contributed by atoms with E-state index in [2.05, 4.69) is 40.2 Å². The number of carbonyl (C=O) groups excluding carboxylic acids is 1. The second-order valence-corrected chi connectivity index (χ2v) is 10.2. The minimum atomic E-state index is -0.485. The van der Waals surface area contributed by atoms with Gasteiger partial charge in [-0.05, 0) is 76.3 Å². The second-order valence-electron chi connectivity index (χ2n) is 8.53. The maximum absolute atomic E-state index is 14.1. The Morgan fingerprint density at radius 2 is 2.00 bits per heavy atom. The first-order chi connectivity index (χ1) is 17.1. The molecule has 0 unspecified atom stereocenters. The minimum Gasteiger partial charge on any atom is -0.485 e. The zero-order valence-electron chi connectivity index (χ0n) is 19.7. The molecule has 4 aromatic rings. The van der Waals surface area contributed by atoms with E-state index in [1.807, 2.05) is 19.1 Å². The molecule has 0 saturated heterocycles. The Kier molecular flexibility index (Phi) is 8.07. The van der Waals surface area contributed by atoms with Gasteiger partial charge in [0.25, 0.3) is 5.91 Å². The number of ether oxygens (including phenoxy) is 1. The van der Waals surface area contributed by atoms with Gasteiger partial charge in [-0.1, -0.05) is 43.1 Å². The molecule has 0 spiro atoms. The smallest absolute Gasteiger partial charge is 0.292 e. The van der Waals surface area contributed by atoms with Crippen molar-refractivity contribution in [3.8, 4) is 5.75 Å². The van der Waals surface area contributed by atoms with Gasteiger partial charge in [-0.15, -0.1) is 0 Å². The molecule has 4 rings (SSSR count). The summed E-state index contributed by atoms with van der Waals surface area (Å²) in [5.41, 5.74) is 2.21. The predicted molar refractivity (Wildman–Crippen MR) is 142 cm³/mol. The molecular weight excluding hydrogens is 572 g/mol. The zero-order valence-corrected chi connectivity index (χ0v) is 22.8. The lowest BCUT2D eigenvalue weighted by Gasteiger charge is -2.15. The van der Waals surface area contributed by atoms with E-state index in [4.69, 9.17) is 32.4 Å². The first-order valence-corrected chi connectivity index (χ1v) is 12.7. The van der Waals surface area contributed by atoms with E-state index in [-0.39, 0.29) is 30.6 Å². The molecule has 0 aliphatic heterocycles. The second kappa shape index (κ2) is 11.1. The highest BCUT2D eigenvalue weighted by Crippen LogP contribution is 2.32. The molecular formula is C26H23BrCl2FN3O3. The van der Waals surface area contributed by atoms with Crippen LogP contribution >= 0.6 is 39.1 Å². The molecule has 2 aromatic carbocycles. The minimum absolute atomic E-state index is 0.101. The van der Waals surface area contributed by atoms with Crippen molar-refractivity contribution >= 4 is 50.9 Å². The molecule has 0 aliphatic rings. The lowest BCUT2D eigenvalue weighted by atomic mass is 10.0. The van der Waals surface area contributed by atoms with Crippen molar-refractivity contribution in [2.24, 2.45) is 0 Å². The number of benzene rings is 2. The van der Waals surface area contributed by atoms with Crippen LogP contribution in [0.4, 0.5) is 10.2 Å². The van der Waals surface area contributed by atoms with Crippen LogP contribution in [0.5, 0.6) is 5.75 Å². The monoisotopic (exact) mass is 593 g/mol. The number of aromatic nitrogens is 2. The third-order valence-electron chi connectivity index (χ3n) is 5.50. The van der Waals surface area contributed by atoms with Gasteiger partial charge in [-0.3, -0.25) is 9.48 Å². The van der Waals surface area contributed by atoms with Gasteiger partial charge in [-0.25, -0.2) is 4.39 Å². The number of halogens is 4. The van der Waals surface area contributed by atoms with E-state index in [0.29, 0.717) is 25.8 Å². The van der Waals surface area contributed by atoms with Crippen molar-refractivity contribution in [3.05, 3.63) is 97.2 Å². The van der Waals surface area contributed by atoms with E-state index in [9.17, 15) is 9.18 Å². The predicted octanol–water partition coefficient (Wildman–Crippen LogP) is 8.00. The lowest BCUT2D eigenvalue weighted by molar-refractivity contribution is 0.0992. The van der Waals surface area contributed by atoms with Crippen LogP contribution in [0, 0.1) is 12.7 Å². The number of furan rings is 1. The quantitative estimate of drug-likeness (QED) is 0.224. The van der Waals surface area contributed by atoms with Crippen LogP contribution in [0.15, 0.2) is 57.6 Å². The molecule has 1 N–H and O–H groups in total. The summed E-state index contributed by atoms with van der Waals surface area (Å²) < 4.78 is 27.8. The standard InChI is InChI=1S/C26H23BrCl2FN3O3/c1-14(2)17-10-21(29)15(3)9-24(17)35-13-16-7-8-23(36-16)26(34)31-25-19(27)12-33(32-25)11-18-20(28)5-4-6-22(18)30/h4-10,12,14H,11,13H2,1-3H3,(H,31,32,34). The number of aryl methyl sites for hydroxylation is 1. The van der Waals surface area contributed by atoms with Gasteiger partial charge in [-0.2, -0.15) is 5.10 Å². The SMILES string of the molecule is Cc1cc(OCc2ccc(C(=O)Nc3nn(Cc4c(F)cccc4Cl)cc3Br)o2)c(C(C)C)cc1Cl. The molecule has 1 amide bonds. The largest absolute Gasteiger partial charge is 0.485 e. The van der Waals surface area contributed by atoms with E-state index < -0.39 is 11.7 Å². The van der Waals surface area contributed by atoms with Gasteiger partial charge in [0.1, 0.15) is 23.9 Å². The molecule has 36 heavy (non-hydrogen) atoms. The number of rotatable bonds is 8. The molecule has 0 atom stereocenters. The number of anilines is 1. The molecule has 6 nitrogen and oxygen atoms in total. The number of hydrogen-bond acceptors (Lipinski definition) is 4. The highest BCUT2D eigenvalue weighted by atomic mass is 79.9. The average Bonchev–Trinajstić information content (AvgIpc) is 3.43. The molecule has 2 heterocycles. The van der Waals surface area contributed by atoms with Crippen LogP contribution in [0.1, 0.15) is 52.8 Å². The van der Waals surface area contributed by atoms with Gasteiger partial charge >= 0.3 is 0 Å². The number of carbonyl (C=O) groups is 1. The maximum atomic E-state index is 14.1. The topological polar surface area (TPSA) is 69.3 Å². The highest BCUT2D eigenvalue weighted by molar-refractivity contribution is 9.10. The van der Waals surface area contributed by atoms with Crippen molar-refractivity contribution in [1.29, 1.82) is 0 Å². The summed E-state index contributed by atoms with van der Waals surface area (Å²) in [6, 6.07) is 11.5. The summed E-state index contributed by atoms with van der Waals surface area (Å²) in [7, 11) is 0. The molecule has 0 bridgehead atoms. The third kappa shape index (κ3) is 5.94. The van der Waals surface area contributed by atoms with E-state index in [1.54, 1.807) is 24.4 Å². The summed E-state index contributed by atoms with van der Waals surface area (Å²) in [5, 5.41) is 7.99. The number of nitrogens with zero attached hydrogens (tertiary/aromatic N) is 2. The molecule has 0 aliphatic carbocycles. The fraction of sp³-hybridized carbons (Fsp3) is 0.231. The molecule has 0 radical (unpaired) electrons. The third-order valence-corrected chi connectivity index (χ3v) is 6.84. The summed E-state index contributed by atoms with van der Waals surface area (Å²) in [6.45, 7) is 6.29. The van der Waals surface area contributed by atoms with Gasteiger partial charge in [0.05, 0.1) is 11.0 Å². The molecule has 10 heteroatoms. The van der Waals surface area contributed by atoms with Crippen LogP contribution < -0.4 is 10.1 Å². The van der Waals surface area contributed by atoms with E-state index in [1.165, 1.54) is 16.8 Å². The van der Waals surface area contributed by atoms with Gasteiger partial charge in [0.2, 0.25) is 0 Å². The molecule has 0 fully saturated rings. The Labute approximate surface area is 226 Å². The van der Waals surface area contributed by atoms with Crippen molar-refractivity contribution < 1.29 is 18.3 Å². The van der Waals surface area contributed by atoms with Gasteiger partial charge in [0, 0.05) is 21.8 Å². The van der Waals surface area contributed by atoms with Crippen LogP contribution in [-0.2, 0) is 13.2 Å². The van der Waals surface area contributed by atoms with Crippen LogP contribution in [0.3, 0.4) is 0 Å².